The molecular weight excluding hydrogens is 114 g/mol. The van der Waals surface area contributed by atoms with Crippen LogP contribution in [0.15, 0.2) is 0 Å². The standard InChI is InChI=1S/C7H14NO/c1-9-7-8-5-3-2-4-6-8/h7H,2-6H2,1H3. The maximum absolute atomic E-state index is 4.88. The SMILES string of the molecule is CO[CH]N1CCCCC1. The van der Waals surface area contributed by atoms with Crippen molar-refractivity contribution in [3.8, 4) is 0 Å². The van der Waals surface area contributed by atoms with Crippen molar-refractivity contribution >= 4 is 0 Å². The molecule has 1 aliphatic rings. The van der Waals surface area contributed by atoms with Crippen molar-refractivity contribution in [3.05, 3.63) is 6.73 Å². The summed E-state index contributed by atoms with van der Waals surface area (Å²) >= 11 is 0. The van der Waals surface area contributed by atoms with E-state index in [1.807, 2.05) is 6.73 Å². The molecule has 9 heavy (non-hydrogen) atoms. The summed E-state index contributed by atoms with van der Waals surface area (Å²) in [5.74, 6) is 0. The molecule has 2 nitrogen and oxygen atoms in total. The molecule has 0 spiro atoms. The van der Waals surface area contributed by atoms with E-state index in [0.29, 0.717) is 0 Å². The topological polar surface area (TPSA) is 12.5 Å². The van der Waals surface area contributed by atoms with Gasteiger partial charge in [-0.2, -0.15) is 0 Å². The fraction of sp³-hybridized carbons (Fsp3) is 0.857. The van der Waals surface area contributed by atoms with Gasteiger partial charge < -0.3 is 4.74 Å². The Bertz CT molecular complexity index is 66.6. The Balaban J connectivity index is 2.08. The third-order valence-electron chi connectivity index (χ3n) is 1.65. The smallest absolute Gasteiger partial charge is 0.150 e. The van der Waals surface area contributed by atoms with Gasteiger partial charge in [0.2, 0.25) is 0 Å². The number of methoxy groups -OCH3 is 1. The van der Waals surface area contributed by atoms with E-state index in [1.165, 1.54) is 32.4 Å². The molecule has 2 heteroatoms. The van der Waals surface area contributed by atoms with Crippen molar-refractivity contribution in [2.24, 2.45) is 0 Å². The molecule has 0 N–H and O–H groups in total. The van der Waals surface area contributed by atoms with Gasteiger partial charge in [0.25, 0.3) is 0 Å². The highest BCUT2D eigenvalue weighted by Crippen LogP contribution is 2.09. The van der Waals surface area contributed by atoms with Gasteiger partial charge in [0.15, 0.2) is 0 Å². The van der Waals surface area contributed by atoms with E-state index in [4.69, 9.17) is 4.74 Å². The molecule has 53 valence electrons. The third kappa shape index (κ3) is 2.33. The van der Waals surface area contributed by atoms with Crippen LogP contribution in [0.2, 0.25) is 0 Å². The molecule has 1 radical (unpaired) electrons. The summed E-state index contributed by atoms with van der Waals surface area (Å²) in [5.41, 5.74) is 0. The first kappa shape index (κ1) is 7.03. The van der Waals surface area contributed by atoms with Crippen molar-refractivity contribution in [3.63, 3.8) is 0 Å². The van der Waals surface area contributed by atoms with Crippen LogP contribution in [0.3, 0.4) is 0 Å². The summed E-state index contributed by atoms with van der Waals surface area (Å²) in [5, 5.41) is 0. The van der Waals surface area contributed by atoms with E-state index in [0.717, 1.165) is 0 Å². The lowest BCUT2D eigenvalue weighted by Crippen LogP contribution is -2.27. The Morgan fingerprint density at radius 2 is 1.89 bits per heavy atom. The van der Waals surface area contributed by atoms with Gasteiger partial charge >= 0.3 is 0 Å². The Morgan fingerprint density at radius 3 is 2.44 bits per heavy atom. The fourth-order valence-corrected chi connectivity index (χ4v) is 1.17. The van der Waals surface area contributed by atoms with Crippen LogP contribution in [-0.2, 0) is 4.74 Å². The zero-order valence-corrected chi connectivity index (χ0v) is 5.97. The minimum Gasteiger partial charge on any atom is -0.362 e. The van der Waals surface area contributed by atoms with Crippen molar-refractivity contribution in [1.82, 2.24) is 4.90 Å². The average Bonchev–Trinajstić information content (AvgIpc) is 1.91. The van der Waals surface area contributed by atoms with E-state index in [1.54, 1.807) is 7.11 Å². The highest BCUT2D eigenvalue weighted by atomic mass is 16.5. The summed E-state index contributed by atoms with van der Waals surface area (Å²) < 4.78 is 4.88. The molecule has 1 aliphatic heterocycles. The van der Waals surface area contributed by atoms with Gasteiger partial charge in [-0.15, -0.1) is 0 Å². The van der Waals surface area contributed by atoms with Crippen LogP contribution in [0.5, 0.6) is 0 Å². The Hall–Kier alpha value is -0.0800. The maximum Gasteiger partial charge on any atom is 0.150 e. The number of nitrogens with zero attached hydrogens (tertiary/aromatic N) is 1. The lowest BCUT2D eigenvalue weighted by atomic mass is 10.1. The van der Waals surface area contributed by atoms with E-state index >= 15 is 0 Å². The number of piperidine rings is 1. The van der Waals surface area contributed by atoms with Gasteiger partial charge in [-0.25, -0.2) is 0 Å². The molecule has 0 unspecified atom stereocenters. The fourth-order valence-electron chi connectivity index (χ4n) is 1.17. The zero-order valence-electron chi connectivity index (χ0n) is 5.97. The maximum atomic E-state index is 4.88. The van der Waals surface area contributed by atoms with Crippen molar-refractivity contribution in [2.45, 2.75) is 19.3 Å². The molecule has 1 rings (SSSR count). The van der Waals surface area contributed by atoms with E-state index in [2.05, 4.69) is 4.90 Å². The first-order valence-corrected chi connectivity index (χ1v) is 3.53. The van der Waals surface area contributed by atoms with Crippen LogP contribution in [0.1, 0.15) is 19.3 Å². The van der Waals surface area contributed by atoms with Crippen LogP contribution in [-0.4, -0.2) is 25.1 Å². The molecule has 0 aliphatic carbocycles. The normalized spacial score (nSPS) is 22.3. The summed E-state index contributed by atoms with van der Waals surface area (Å²) in [4.78, 5) is 2.23. The molecule has 0 aromatic heterocycles. The second-order valence-corrected chi connectivity index (χ2v) is 2.44. The number of ether oxygens (including phenoxy) is 1. The van der Waals surface area contributed by atoms with Gasteiger partial charge in [0, 0.05) is 20.2 Å². The monoisotopic (exact) mass is 128 g/mol. The van der Waals surface area contributed by atoms with Gasteiger partial charge in [0.1, 0.15) is 6.73 Å². The van der Waals surface area contributed by atoms with E-state index < -0.39 is 0 Å². The zero-order chi connectivity index (χ0) is 6.53. The van der Waals surface area contributed by atoms with Crippen LogP contribution in [0.4, 0.5) is 0 Å². The number of hydrogen-bond donors (Lipinski definition) is 0. The molecule has 0 aromatic rings. The van der Waals surface area contributed by atoms with Crippen LogP contribution in [0.25, 0.3) is 0 Å². The largest absolute Gasteiger partial charge is 0.362 e. The predicted octanol–water partition coefficient (Wildman–Crippen LogP) is 1.24. The highest BCUT2D eigenvalue weighted by Gasteiger charge is 2.08. The molecule has 0 atom stereocenters. The number of rotatable bonds is 2. The first-order chi connectivity index (χ1) is 4.43. The van der Waals surface area contributed by atoms with E-state index in [9.17, 15) is 0 Å². The Labute approximate surface area is 56.8 Å². The second-order valence-electron chi connectivity index (χ2n) is 2.44. The van der Waals surface area contributed by atoms with Crippen molar-refractivity contribution in [1.29, 1.82) is 0 Å². The molecule has 1 heterocycles. The Kier molecular flexibility index (Phi) is 3.01. The van der Waals surface area contributed by atoms with Crippen molar-refractivity contribution in [2.75, 3.05) is 20.2 Å². The lowest BCUT2D eigenvalue weighted by Gasteiger charge is -2.24. The molecule has 1 fully saturated rings. The summed E-state index contributed by atoms with van der Waals surface area (Å²) in [6.07, 6.45) is 4.02. The third-order valence-corrected chi connectivity index (χ3v) is 1.65. The van der Waals surface area contributed by atoms with Gasteiger partial charge in [-0.1, -0.05) is 6.42 Å². The molecular formula is C7H14NO. The van der Waals surface area contributed by atoms with E-state index in [-0.39, 0.29) is 0 Å². The van der Waals surface area contributed by atoms with Crippen LogP contribution < -0.4 is 0 Å². The minimum atomic E-state index is 1.17. The summed E-state index contributed by atoms with van der Waals surface area (Å²) in [6.45, 7) is 4.17. The average molecular weight is 128 g/mol. The predicted molar refractivity (Wildman–Crippen MR) is 36.7 cm³/mol. The summed E-state index contributed by atoms with van der Waals surface area (Å²) in [6, 6.07) is 0. The van der Waals surface area contributed by atoms with Crippen LogP contribution >= 0.6 is 0 Å². The molecule has 0 saturated carbocycles. The summed E-state index contributed by atoms with van der Waals surface area (Å²) in [7, 11) is 1.70. The van der Waals surface area contributed by atoms with Gasteiger partial charge in [-0.3, -0.25) is 4.90 Å². The lowest BCUT2D eigenvalue weighted by molar-refractivity contribution is 0.122. The molecule has 0 aromatic carbocycles. The molecule has 0 amide bonds. The quantitative estimate of drug-likeness (QED) is 0.554. The molecule has 1 saturated heterocycles. The Morgan fingerprint density at radius 1 is 1.22 bits per heavy atom. The van der Waals surface area contributed by atoms with Crippen LogP contribution in [0, 0.1) is 6.73 Å². The number of hydrogen-bond acceptors (Lipinski definition) is 2. The van der Waals surface area contributed by atoms with Gasteiger partial charge in [-0.05, 0) is 12.8 Å². The minimum absolute atomic E-state index is 1.17. The second kappa shape index (κ2) is 3.85. The first-order valence-electron chi connectivity index (χ1n) is 3.53. The molecule has 0 bridgehead atoms. The number of likely N-dealkylation sites (tertiary alicyclic amines) is 1. The highest BCUT2D eigenvalue weighted by molar-refractivity contribution is 4.65. The van der Waals surface area contributed by atoms with Gasteiger partial charge in [0.05, 0.1) is 0 Å². The van der Waals surface area contributed by atoms with Crippen molar-refractivity contribution < 1.29 is 4.74 Å².